The molecule has 27 heavy (non-hydrogen) atoms. The summed E-state index contributed by atoms with van der Waals surface area (Å²) in [6, 6.07) is 7.46. The van der Waals surface area contributed by atoms with Gasteiger partial charge in [0.15, 0.2) is 5.69 Å². The number of nitriles is 1. The zero-order valence-electron chi connectivity index (χ0n) is 14.9. The van der Waals surface area contributed by atoms with Gasteiger partial charge in [-0.1, -0.05) is 12.1 Å². The van der Waals surface area contributed by atoms with Crippen LogP contribution in [0.5, 0.6) is 0 Å². The fraction of sp³-hybridized carbons (Fsp3) is 0.421. The number of rotatable bonds is 4. The summed E-state index contributed by atoms with van der Waals surface area (Å²) < 4.78 is 14.7. The molecule has 4 rings (SSSR count). The molecule has 0 amide bonds. The molecule has 2 unspecified atom stereocenters. The van der Waals surface area contributed by atoms with Crippen LogP contribution >= 0.6 is 0 Å². The second-order valence-corrected chi connectivity index (χ2v) is 6.98. The number of hydrogen-bond donors (Lipinski definition) is 4. The van der Waals surface area contributed by atoms with Crippen LogP contribution in [0.2, 0.25) is 0 Å². The molecule has 2 aromatic rings. The zero-order valence-corrected chi connectivity index (χ0v) is 14.9. The lowest BCUT2D eigenvalue weighted by atomic mass is 9.89. The molecule has 2 aliphatic heterocycles. The van der Waals surface area contributed by atoms with Crippen molar-refractivity contribution in [3.63, 3.8) is 0 Å². The van der Waals surface area contributed by atoms with E-state index in [2.05, 4.69) is 37.5 Å². The standard InChI is InChI=1S/C19H22FN7/c20-16-7-13(12-3-5-22-6-4-12)1-2-15(16)17-8-18(27-26-17)25-19-11-23-14(9-21)10-24-19/h1-2,7,10-12,17-18,22,26-27H,3-6,8H2,(H,24,25). The molecule has 0 aliphatic carbocycles. The van der Waals surface area contributed by atoms with Gasteiger partial charge >= 0.3 is 0 Å². The molecular formula is C19H22FN7. The summed E-state index contributed by atoms with van der Waals surface area (Å²) in [6.07, 6.45) is 5.59. The van der Waals surface area contributed by atoms with Crippen molar-refractivity contribution >= 4 is 5.82 Å². The van der Waals surface area contributed by atoms with E-state index in [1.165, 1.54) is 12.4 Å². The molecule has 140 valence electrons. The van der Waals surface area contributed by atoms with Crippen LogP contribution in [0.3, 0.4) is 0 Å². The van der Waals surface area contributed by atoms with Gasteiger partial charge in [0.1, 0.15) is 17.7 Å². The van der Waals surface area contributed by atoms with Crippen molar-refractivity contribution in [2.75, 3.05) is 18.4 Å². The van der Waals surface area contributed by atoms with Crippen molar-refractivity contribution in [2.45, 2.75) is 37.4 Å². The van der Waals surface area contributed by atoms with Gasteiger partial charge in [0.25, 0.3) is 0 Å². The molecule has 8 heteroatoms. The lowest BCUT2D eigenvalue weighted by Gasteiger charge is -2.23. The number of hydrogen-bond acceptors (Lipinski definition) is 7. The van der Waals surface area contributed by atoms with Crippen molar-refractivity contribution < 1.29 is 4.39 Å². The van der Waals surface area contributed by atoms with Crippen LogP contribution in [0.1, 0.15) is 48.0 Å². The number of halogens is 1. The highest BCUT2D eigenvalue weighted by Gasteiger charge is 2.28. The highest BCUT2D eigenvalue weighted by atomic mass is 19.1. The average Bonchev–Trinajstić information content (AvgIpc) is 3.17. The second kappa shape index (κ2) is 7.96. The van der Waals surface area contributed by atoms with Crippen LogP contribution < -0.4 is 21.5 Å². The minimum absolute atomic E-state index is 0.110. The Morgan fingerprint density at radius 1 is 1.15 bits per heavy atom. The predicted molar refractivity (Wildman–Crippen MR) is 99.0 cm³/mol. The van der Waals surface area contributed by atoms with Crippen molar-refractivity contribution in [1.82, 2.24) is 26.1 Å². The molecule has 0 radical (unpaired) electrons. The maximum absolute atomic E-state index is 14.7. The van der Waals surface area contributed by atoms with E-state index in [0.29, 0.717) is 23.7 Å². The number of nitrogens with zero attached hydrogens (tertiary/aromatic N) is 3. The Labute approximate surface area is 157 Å². The SMILES string of the molecule is N#Cc1cnc(NC2CC(c3ccc(C4CCNCC4)cc3F)NN2)cn1. The Hall–Kier alpha value is -2.60. The van der Waals surface area contributed by atoms with Gasteiger partial charge in [-0.05, 0) is 43.5 Å². The number of benzene rings is 1. The Morgan fingerprint density at radius 3 is 2.70 bits per heavy atom. The topological polar surface area (TPSA) is 97.7 Å². The van der Waals surface area contributed by atoms with E-state index in [9.17, 15) is 4.39 Å². The molecule has 1 aromatic carbocycles. The first kappa shape index (κ1) is 17.8. The smallest absolute Gasteiger partial charge is 0.158 e. The lowest BCUT2D eigenvalue weighted by molar-refractivity contribution is 0.457. The van der Waals surface area contributed by atoms with E-state index in [-0.39, 0.29) is 23.7 Å². The van der Waals surface area contributed by atoms with Gasteiger partial charge in [0, 0.05) is 12.0 Å². The molecule has 4 N–H and O–H groups in total. The summed E-state index contributed by atoms with van der Waals surface area (Å²) in [7, 11) is 0. The quantitative estimate of drug-likeness (QED) is 0.655. The first-order chi connectivity index (χ1) is 13.2. The number of aromatic nitrogens is 2. The van der Waals surface area contributed by atoms with Crippen molar-refractivity contribution in [1.29, 1.82) is 5.26 Å². The van der Waals surface area contributed by atoms with Gasteiger partial charge in [-0.3, -0.25) is 0 Å². The number of piperidine rings is 1. The first-order valence-electron chi connectivity index (χ1n) is 9.23. The summed E-state index contributed by atoms with van der Waals surface area (Å²) in [5.41, 5.74) is 8.28. The van der Waals surface area contributed by atoms with E-state index >= 15 is 0 Å². The Balaban J connectivity index is 1.40. The summed E-state index contributed by atoms with van der Waals surface area (Å²) in [5.74, 6) is 0.841. The minimum Gasteiger partial charge on any atom is -0.352 e. The summed E-state index contributed by atoms with van der Waals surface area (Å²) in [6.45, 7) is 1.99. The van der Waals surface area contributed by atoms with Crippen molar-refractivity contribution in [2.24, 2.45) is 0 Å². The molecule has 2 fully saturated rings. The van der Waals surface area contributed by atoms with Crippen LogP contribution in [0, 0.1) is 17.1 Å². The van der Waals surface area contributed by atoms with Gasteiger partial charge in [0.05, 0.1) is 24.6 Å². The average molecular weight is 367 g/mol. The van der Waals surface area contributed by atoms with Crippen LogP contribution in [-0.4, -0.2) is 29.2 Å². The second-order valence-electron chi connectivity index (χ2n) is 6.98. The Kier molecular flexibility index (Phi) is 5.25. The van der Waals surface area contributed by atoms with E-state index in [4.69, 9.17) is 5.26 Å². The third kappa shape index (κ3) is 4.06. The van der Waals surface area contributed by atoms with Crippen molar-refractivity contribution in [3.8, 4) is 6.07 Å². The molecule has 0 saturated carbocycles. The molecule has 1 aromatic heterocycles. The van der Waals surface area contributed by atoms with Crippen LogP contribution in [0.25, 0.3) is 0 Å². The fourth-order valence-electron chi connectivity index (χ4n) is 3.73. The third-order valence-corrected chi connectivity index (χ3v) is 5.20. The van der Waals surface area contributed by atoms with Crippen molar-refractivity contribution in [3.05, 3.63) is 53.2 Å². The first-order valence-corrected chi connectivity index (χ1v) is 9.23. The molecular weight excluding hydrogens is 345 g/mol. The minimum atomic E-state index is -0.163. The molecule has 2 aliphatic rings. The van der Waals surface area contributed by atoms with Gasteiger partial charge in [-0.2, -0.15) is 5.26 Å². The van der Waals surface area contributed by atoms with E-state index in [1.54, 1.807) is 6.07 Å². The normalized spacial score (nSPS) is 23.1. The Morgan fingerprint density at radius 2 is 2.00 bits per heavy atom. The molecule has 2 atom stereocenters. The molecule has 0 spiro atoms. The summed E-state index contributed by atoms with van der Waals surface area (Å²) in [4.78, 5) is 8.13. The monoisotopic (exact) mass is 367 g/mol. The van der Waals surface area contributed by atoms with Crippen LogP contribution in [0.15, 0.2) is 30.6 Å². The van der Waals surface area contributed by atoms with Gasteiger partial charge in [-0.25, -0.2) is 25.2 Å². The van der Waals surface area contributed by atoms with E-state index in [0.717, 1.165) is 31.5 Å². The maximum Gasteiger partial charge on any atom is 0.158 e. The van der Waals surface area contributed by atoms with Gasteiger partial charge < -0.3 is 10.6 Å². The number of anilines is 1. The summed E-state index contributed by atoms with van der Waals surface area (Å²) >= 11 is 0. The number of hydrazine groups is 1. The van der Waals surface area contributed by atoms with E-state index < -0.39 is 0 Å². The van der Waals surface area contributed by atoms with Gasteiger partial charge in [0.2, 0.25) is 0 Å². The van der Waals surface area contributed by atoms with E-state index in [1.807, 2.05) is 12.1 Å². The summed E-state index contributed by atoms with van der Waals surface area (Å²) in [5, 5.41) is 15.3. The number of nitrogens with one attached hydrogen (secondary N) is 4. The van der Waals surface area contributed by atoms with Gasteiger partial charge in [-0.15, -0.1) is 0 Å². The highest BCUT2D eigenvalue weighted by molar-refractivity contribution is 5.35. The lowest BCUT2D eigenvalue weighted by Crippen LogP contribution is -2.36. The van der Waals surface area contributed by atoms with Crippen LogP contribution in [-0.2, 0) is 0 Å². The predicted octanol–water partition coefficient (Wildman–Crippen LogP) is 1.93. The highest BCUT2D eigenvalue weighted by Crippen LogP contribution is 2.30. The molecule has 7 nitrogen and oxygen atoms in total. The third-order valence-electron chi connectivity index (χ3n) is 5.20. The molecule has 2 saturated heterocycles. The maximum atomic E-state index is 14.7. The largest absolute Gasteiger partial charge is 0.352 e. The zero-order chi connectivity index (χ0) is 18.6. The van der Waals surface area contributed by atoms with Crippen LogP contribution in [0.4, 0.5) is 10.2 Å². The molecule has 3 heterocycles. The Bertz CT molecular complexity index is 827. The molecule has 0 bridgehead atoms. The fourth-order valence-corrected chi connectivity index (χ4v) is 3.73.